The molecule has 1 aliphatic rings. The Hall–Kier alpha value is -1.95. The Kier molecular flexibility index (Phi) is 2.57. The van der Waals surface area contributed by atoms with E-state index < -0.39 is 0 Å². The van der Waals surface area contributed by atoms with E-state index in [4.69, 9.17) is 12.2 Å². The molecule has 3 nitrogen and oxygen atoms in total. The highest BCUT2D eigenvalue weighted by Crippen LogP contribution is 2.29. The largest absolute Gasteiger partial charge is 0.399 e. The molecule has 2 rings (SSSR count). The Morgan fingerprint density at radius 3 is 2.94 bits per heavy atom. The van der Waals surface area contributed by atoms with Gasteiger partial charge in [0.25, 0.3) is 0 Å². The van der Waals surface area contributed by atoms with Gasteiger partial charge in [-0.3, -0.25) is 4.79 Å². The average molecular weight is 214 g/mol. The Balaban J connectivity index is 2.35. The number of hydrogen-bond acceptors (Lipinski definition) is 2. The highest BCUT2D eigenvalue weighted by Gasteiger charge is 2.30. The quantitative estimate of drug-likeness (QED) is 0.569. The second kappa shape index (κ2) is 3.90. The fraction of sp³-hybridized carbons (Fsp3) is 0.308. The van der Waals surface area contributed by atoms with Crippen LogP contribution in [-0.2, 0) is 4.79 Å². The number of amides is 1. The number of terminal acetylenes is 1. The molecule has 3 heteroatoms. The summed E-state index contributed by atoms with van der Waals surface area (Å²) in [6, 6.07) is 5.57. The van der Waals surface area contributed by atoms with Gasteiger partial charge < -0.3 is 10.6 Å². The highest BCUT2D eigenvalue weighted by molar-refractivity contribution is 5.97. The number of nitrogen functional groups attached to an aromatic ring is 1. The van der Waals surface area contributed by atoms with Crippen LogP contribution in [-0.4, -0.2) is 12.5 Å². The average Bonchev–Trinajstić information content (AvgIpc) is 2.63. The predicted octanol–water partition coefficient (Wildman–Crippen LogP) is 1.56. The van der Waals surface area contributed by atoms with Gasteiger partial charge in [0, 0.05) is 30.3 Å². The first-order valence-electron chi connectivity index (χ1n) is 5.24. The molecule has 0 saturated carbocycles. The Labute approximate surface area is 95.2 Å². The molecule has 82 valence electrons. The maximum Gasteiger partial charge on any atom is 0.228 e. The lowest BCUT2D eigenvalue weighted by molar-refractivity contribution is -0.117. The number of benzene rings is 1. The number of nitrogens with zero attached hydrogens (tertiary/aromatic N) is 1. The fourth-order valence-corrected chi connectivity index (χ4v) is 1.97. The summed E-state index contributed by atoms with van der Waals surface area (Å²) < 4.78 is 0. The van der Waals surface area contributed by atoms with Gasteiger partial charge in [0.05, 0.1) is 0 Å². The van der Waals surface area contributed by atoms with Gasteiger partial charge >= 0.3 is 0 Å². The number of rotatable bonds is 1. The normalized spacial score (nSPS) is 19.9. The van der Waals surface area contributed by atoms with Gasteiger partial charge in [-0.2, -0.15) is 0 Å². The predicted molar refractivity (Wildman–Crippen MR) is 64.9 cm³/mol. The third kappa shape index (κ3) is 1.74. The van der Waals surface area contributed by atoms with Crippen LogP contribution in [0.3, 0.4) is 0 Å². The third-order valence-corrected chi connectivity index (χ3v) is 2.88. The molecule has 0 aromatic heterocycles. The summed E-state index contributed by atoms with van der Waals surface area (Å²) in [5.74, 6) is 2.74. The molecule has 0 spiro atoms. The summed E-state index contributed by atoms with van der Waals surface area (Å²) in [6.07, 6.45) is 5.79. The summed E-state index contributed by atoms with van der Waals surface area (Å²) in [4.78, 5) is 13.5. The van der Waals surface area contributed by atoms with Crippen LogP contribution in [0.5, 0.6) is 0 Å². The third-order valence-electron chi connectivity index (χ3n) is 2.88. The van der Waals surface area contributed by atoms with E-state index in [1.807, 2.05) is 25.1 Å². The first kappa shape index (κ1) is 10.6. The molecular formula is C13H14N2O. The number of carbonyl (C=O) groups is 1. The van der Waals surface area contributed by atoms with Crippen molar-refractivity contribution in [3.63, 3.8) is 0 Å². The zero-order valence-corrected chi connectivity index (χ0v) is 9.23. The number of aryl methyl sites for hydroxylation is 1. The summed E-state index contributed by atoms with van der Waals surface area (Å²) in [6.45, 7) is 2.56. The Bertz CT molecular complexity index is 473. The molecule has 0 bridgehead atoms. The zero-order chi connectivity index (χ0) is 11.7. The lowest BCUT2D eigenvalue weighted by atomic mass is 10.1. The number of carbonyl (C=O) groups excluding carboxylic acids is 1. The van der Waals surface area contributed by atoms with E-state index >= 15 is 0 Å². The molecule has 1 heterocycles. The Morgan fingerprint density at radius 2 is 2.31 bits per heavy atom. The van der Waals surface area contributed by atoms with Gasteiger partial charge in [-0.1, -0.05) is 6.07 Å². The van der Waals surface area contributed by atoms with Crippen molar-refractivity contribution in [2.24, 2.45) is 5.92 Å². The van der Waals surface area contributed by atoms with E-state index in [9.17, 15) is 4.79 Å². The molecule has 16 heavy (non-hydrogen) atoms. The van der Waals surface area contributed by atoms with Crippen molar-refractivity contribution in [1.29, 1.82) is 0 Å². The molecule has 1 unspecified atom stereocenters. The van der Waals surface area contributed by atoms with Gasteiger partial charge in [0.2, 0.25) is 5.91 Å². The lowest BCUT2D eigenvalue weighted by Gasteiger charge is -2.18. The standard InChI is InChI=1S/C13H14N2O/c1-3-10-6-13(16)15(8-10)12-7-11(14)5-4-9(12)2/h1,4-5,7,10H,6,8,14H2,2H3. The molecule has 1 saturated heterocycles. The molecule has 1 aromatic carbocycles. The lowest BCUT2D eigenvalue weighted by Crippen LogP contribution is -2.25. The SMILES string of the molecule is C#CC1CC(=O)N(c2cc(N)ccc2C)C1. The van der Waals surface area contributed by atoms with Gasteiger partial charge in [0.1, 0.15) is 0 Å². The molecule has 2 N–H and O–H groups in total. The molecular weight excluding hydrogens is 200 g/mol. The van der Waals surface area contributed by atoms with Crippen molar-refractivity contribution < 1.29 is 4.79 Å². The molecule has 1 aromatic rings. The van der Waals surface area contributed by atoms with Crippen molar-refractivity contribution in [3.05, 3.63) is 23.8 Å². The van der Waals surface area contributed by atoms with E-state index in [0.717, 1.165) is 11.3 Å². The van der Waals surface area contributed by atoms with Gasteiger partial charge in [0.15, 0.2) is 0 Å². The van der Waals surface area contributed by atoms with Crippen LogP contribution in [0.4, 0.5) is 11.4 Å². The minimum Gasteiger partial charge on any atom is -0.399 e. The van der Waals surface area contributed by atoms with Crippen LogP contribution in [0.15, 0.2) is 18.2 Å². The summed E-state index contributed by atoms with van der Waals surface area (Å²) in [5, 5.41) is 0. The van der Waals surface area contributed by atoms with Crippen LogP contribution < -0.4 is 10.6 Å². The molecule has 1 amide bonds. The molecule has 1 aliphatic heterocycles. The molecule has 0 radical (unpaired) electrons. The number of hydrogen-bond donors (Lipinski definition) is 1. The van der Waals surface area contributed by atoms with Crippen LogP contribution in [0.25, 0.3) is 0 Å². The second-order valence-electron chi connectivity index (χ2n) is 4.12. The van der Waals surface area contributed by atoms with Crippen LogP contribution in [0.1, 0.15) is 12.0 Å². The molecule has 1 fully saturated rings. The highest BCUT2D eigenvalue weighted by atomic mass is 16.2. The van der Waals surface area contributed by atoms with Crippen LogP contribution in [0, 0.1) is 25.2 Å². The van der Waals surface area contributed by atoms with Gasteiger partial charge in [-0.15, -0.1) is 12.3 Å². The van der Waals surface area contributed by atoms with Crippen LogP contribution in [0.2, 0.25) is 0 Å². The zero-order valence-electron chi connectivity index (χ0n) is 9.23. The monoisotopic (exact) mass is 214 g/mol. The topological polar surface area (TPSA) is 46.3 Å². The Morgan fingerprint density at radius 1 is 1.56 bits per heavy atom. The van der Waals surface area contributed by atoms with Crippen molar-refractivity contribution in [2.45, 2.75) is 13.3 Å². The van der Waals surface area contributed by atoms with Crippen molar-refractivity contribution in [1.82, 2.24) is 0 Å². The summed E-state index contributed by atoms with van der Waals surface area (Å²) >= 11 is 0. The first-order valence-corrected chi connectivity index (χ1v) is 5.24. The van der Waals surface area contributed by atoms with Crippen molar-refractivity contribution in [2.75, 3.05) is 17.2 Å². The minimum absolute atomic E-state index is 0.0216. The fourth-order valence-electron chi connectivity index (χ4n) is 1.97. The second-order valence-corrected chi connectivity index (χ2v) is 4.12. The van der Waals surface area contributed by atoms with Crippen molar-refractivity contribution in [3.8, 4) is 12.3 Å². The van der Waals surface area contributed by atoms with E-state index in [1.54, 1.807) is 4.90 Å². The van der Waals surface area contributed by atoms with Crippen LogP contribution >= 0.6 is 0 Å². The van der Waals surface area contributed by atoms with E-state index in [0.29, 0.717) is 18.7 Å². The molecule has 1 atom stereocenters. The molecule has 0 aliphatic carbocycles. The number of anilines is 2. The smallest absolute Gasteiger partial charge is 0.228 e. The number of nitrogens with two attached hydrogens (primary N) is 1. The van der Waals surface area contributed by atoms with Gasteiger partial charge in [-0.05, 0) is 24.6 Å². The first-order chi connectivity index (χ1) is 7.61. The van der Waals surface area contributed by atoms with Crippen molar-refractivity contribution >= 4 is 17.3 Å². The summed E-state index contributed by atoms with van der Waals surface area (Å²) in [7, 11) is 0. The summed E-state index contributed by atoms with van der Waals surface area (Å²) in [5.41, 5.74) is 8.31. The van der Waals surface area contributed by atoms with E-state index in [-0.39, 0.29) is 11.8 Å². The van der Waals surface area contributed by atoms with E-state index in [2.05, 4.69) is 5.92 Å². The van der Waals surface area contributed by atoms with Gasteiger partial charge in [-0.25, -0.2) is 0 Å². The van der Waals surface area contributed by atoms with E-state index in [1.165, 1.54) is 0 Å². The minimum atomic E-state index is 0.0216. The maximum atomic E-state index is 11.8. The maximum absolute atomic E-state index is 11.8.